The highest BCUT2D eigenvalue weighted by atomic mass is 35.5. The van der Waals surface area contributed by atoms with Crippen molar-refractivity contribution in [2.45, 2.75) is 141 Å². The van der Waals surface area contributed by atoms with Gasteiger partial charge in [0.25, 0.3) is 0 Å². The number of carbonyl (C=O) groups excluding carboxylic acids is 8. The molecular weight excluding hydrogens is 1260 g/mol. The first-order valence-corrected chi connectivity index (χ1v) is 32.3. The molecule has 96 heavy (non-hydrogen) atoms. The molecular formula is C68H95ClN10O17. The van der Waals surface area contributed by atoms with Crippen LogP contribution in [0.4, 0.5) is 21.0 Å². The number of methoxy groups -OCH3 is 2. The Morgan fingerprint density at radius 2 is 1.60 bits per heavy atom. The maximum absolute atomic E-state index is 14.4. The summed E-state index contributed by atoms with van der Waals surface area (Å²) < 4.78 is 41.7. The number of nitrogens with zero attached hydrogens (tertiary/aromatic N) is 4. The number of halogens is 1. The number of anilines is 2. The van der Waals surface area contributed by atoms with Gasteiger partial charge in [-0.2, -0.15) is 0 Å². The van der Waals surface area contributed by atoms with Crippen LogP contribution in [0.3, 0.4) is 0 Å². The summed E-state index contributed by atoms with van der Waals surface area (Å²) in [6, 6.07) is 17.7. The number of fused-ring (bicyclic) bond motifs is 5. The molecule has 8 atom stereocenters. The molecule has 3 heterocycles. The summed E-state index contributed by atoms with van der Waals surface area (Å²) in [6.07, 6.45) is -0.704. The summed E-state index contributed by atoms with van der Waals surface area (Å²) in [5.41, 5.74) is 4.04. The highest BCUT2D eigenvalue weighted by Gasteiger charge is 2.49. The first-order chi connectivity index (χ1) is 45.6. The molecule has 2 aliphatic rings. The minimum absolute atomic E-state index is 0.0273. The van der Waals surface area contributed by atoms with E-state index >= 15 is 0 Å². The van der Waals surface area contributed by atoms with E-state index in [1.165, 1.54) is 47.1 Å². The van der Waals surface area contributed by atoms with Crippen molar-refractivity contribution in [1.29, 1.82) is 0 Å². The number of ether oxygens (including phenoxy) is 7. The van der Waals surface area contributed by atoms with E-state index in [4.69, 9.17) is 44.8 Å². The fourth-order valence-corrected chi connectivity index (χ4v) is 11.3. The maximum atomic E-state index is 14.4. The molecule has 0 saturated carbocycles. The van der Waals surface area contributed by atoms with Crippen LogP contribution >= 0.6 is 11.6 Å². The van der Waals surface area contributed by atoms with Crippen molar-refractivity contribution in [2.24, 2.45) is 11.8 Å². The third kappa shape index (κ3) is 22.2. The standard InChI is InChI=1S/C68H95ClN10O17/c1-42(2)62(74-58(81)25-28-92-30-31-93-29-26-71-57(80)24-27-79-50(40-76(8)70-7)35-48-17-13-14-18-51(48)79)63(84)72-39-59(82)73-49-22-20-46(21-23-49)41-94-66(87)77(9)45(5)64(85)96-56-36-60(83)78(10)52-33-47(34-53(90-11)61(52)69)32-43(3)16-15-19-55(91-12)68(89)38-54(95-65(86)75-68)44(4)37-67(56,6)88/h13-23,33-35,42,44-45,54-56,62,70,88-89H,24-32,36-41H2,1-12H3,(H,71,80)(H,72,84)(H,73,82)(H,74,81)(H,75,86)/b19-15+,43-16+/t44-,45-,54-,55+,56-,62?,67?,68-/m0/s1. The Kier molecular flexibility index (Phi) is 29.0. The van der Waals surface area contributed by atoms with Crippen LogP contribution in [-0.2, 0) is 83.3 Å². The zero-order valence-corrected chi connectivity index (χ0v) is 57.7. The van der Waals surface area contributed by atoms with Crippen molar-refractivity contribution >= 4 is 81.6 Å². The fraction of sp³-hybridized carbons (Fsp3) is 0.529. The highest BCUT2D eigenvalue weighted by Crippen LogP contribution is 2.39. The van der Waals surface area contributed by atoms with E-state index in [1.807, 2.05) is 50.3 Å². The van der Waals surface area contributed by atoms with Crippen LogP contribution in [-0.4, -0.2) is 196 Å². The molecule has 28 heteroatoms. The van der Waals surface area contributed by atoms with Gasteiger partial charge in [0.15, 0.2) is 5.72 Å². The van der Waals surface area contributed by atoms with Crippen molar-refractivity contribution in [1.82, 2.24) is 41.2 Å². The Hall–Kier alpha value is -8.15. The van der Waals surface area contributed by atoms with Gasteiger partial charge in [0.2, 0.25) is 29.5 Å². The lowest BCUT2D eigenvalue weighted by molar-refractivity contribution is -0.175. The molecule has 2 aliphatic heterocycles. The predicted molar refractivity (Wildman–Crippen MR) is 359 cm³/mol. The van der Waals surface area contributed by atoms with Gasteiger partial charge in [0.05, 0.1) is 64.3 Å². The number of hydrogen-bond donors (Lipinski definition) is 8. The Bertz CT molecular complexity index is 3400. The summed E-state index contributed by atoms with van der Waals surface area (Å²) in [6.45, 7) is 11.5. The summed E-state index contributed by atoms with van der Waals surface area (Å²) in [5, 5.41) is 40.7. The number of carbonyl (C=O) groups is 8. The molecule has 7 amide bonds. The molecule has 6 rings (SSSR count). The number of rotatable bonds is 28. The fourth-order valence-electron chi connectivity index (χ4n) is 11.0. The van der Waals surface area contributed by atoms with Gasteiger partial charge in [-0.05, 0) is 105 Å². The van der Waals surface area contributed by atoms with E-state index in [2.05, 4.69) is 48.7 Å². The third-order valence-electron chi connectivity index (χ3n) is 16.8. The van der Waals surface area contributed by atoms with Crippen LogP contribution in [0.2, 0.25) is 5.02 Å². The number of hydrazine groups is 1. The largest absolute Gasteiger partial charge is 0.495 e. The Balaban J connectivity index is 0.934. The molecule has 526 valence electrons. The average molecular weight is 1360 g/mol. The van der Waals surface area contributed by atoms with Crippen molar-refractivity contribution in [3.8, 4) is 5.75 Å². The van der Waals surface area contributed by atoms with Gasteiger partial charge < -0.3 is 74.1 Å². The quantitative estimate of drug-likeness (QED) is 0.0147. The van der Waals surface area contributed by atoms with Crippen molar-refractivity contribution in [2.75, 3.05) is 92.1 Å². The summed E-state index contributed by atoms with van der Waals surface area (Å²) in [5.74, 6) is -4.01. The molecule has 1 aromatic heterocycles. The minimum Gasteiger partial charge on any atom is -0.495 e. The number of benzene rings is 3. The lowest BCUT2D eigenvalue weighted by atomic mass is 9.81. The highest BCUT2D eigenvalue weighted by molar-refractivity contribution is 6.35. The SMILES string of the molecule is CNN(C)Cc1cc2ccccc2n1CCC(=O)NCCOCCOCCC(=O)NC(C(=O)NCC(=O)Nc1ccc(COC(=O)N(C)[C@@H](C)C(=O)O[C@H]2CC(=O)N(C)c3cc(cc(OC)c3Cl)C/C(C)=C/C=C/[C@@H](OC)[C@@]3(O)C[C@H](OC(=O)N3)[C@@H](C)CC2(C)O)cc1)C(C)C. The van der Waals surface area contributed by atoms with Crippen LogP contribution in [0.25, 0.3) is 10.9 Å². The molecule has 3 aromatic carbocycles. The molecule has 4 bridgehead atoms. The van der Waals surface area contributed by atoms with Gasteiger partial charge in [0, 0.05) is 77.5 Å². The average Bonchev–Trinajstić information content (AvgIpc) is 1.22. The van der Waals surface area contributed by atoms with Crippen LogP contribution in [0.15, 0.2) is 90.5 Å². The van der Waals surface area contributed by atoms with Crippen LogP contribution < -0.4 is 41.6 Å². The maximum Gasteiger partial charge on any atom is 0.410 e. The molecule has 1 saturated heterocycles. The van der Waals surface area contributed by atoms with Gasteiger partial charge in [0.1, 0.15) is 47.8 Å². The van der Waals surface area contributed by atoms with Crippen LogP contribution in [0.1, 0.15) is 90.5 Å². The van der Waals surface area contributed by atoms with Crippen molar-refractivity contribution in [3.05, 3.63) is 112 Å². The predicted octanol–water partition coefficient (Wildman–Crippen LogP) is 5.65. The Morgan fingerprint density at radius 1 is 0.896 bits per heavy atom. The second-order valence-corrected chi connectivity index (χ2v) is 25.2. The third-order valence-corrected chi connectivity index (χ3v) is 17.2. The van der Waals surface area contributed by atoms with Gasteiger partial charge in [-0.1, -0.05) is 86.5 Å². The number of aliphatic hydroxyl groups is 2. The van der Waals surface area contributed by atoms with Gasteiger partial charge >= 0.3 is 18.2 Å². The second kappa shape index (κ2) is 36.3. The zero-order valence-electron chi connectivity index (χ0n) is 56.9. The van der Waals surface area contributed by atoms with Gasteiger partial charge in [-0.25, -0.2) is 19.4 Å². The van der Waals surface area contributed by atoms with E-state index in [-0.39, 0.29) is 80.6 Å². The molecule has 0 aliphatic carbocycles. The van der Waals surface area contributed by atoms with Crippen molar-refractivity contribution in [3.63, 3.8) is 0 Å². The second-order valence-electron chi connectivity index (χ2n) is 24.8. The number of aromatic nitrogens is 1. The number of esters is 1. The summed E-state index contributed by atoms with van der Waals surface area (Å²) in [4.78, 5) is 109. The molecule has 27 nitrogen and oxygen atoms in total. The number of likely N-dealkylation sites (N-methyl/N-ethyl adjacent to an activating group) is 1. The van der Waals surface area contributed by atoms with E-state index in [0.29, 0.717) is 43.7 Å². The zero-order chi connectivity index (χ0) is 70.4. The van der Waals surface area contributed by atoms with Gasteiger partial charge in [-0.15, -0.1) is 0 Å². The monoisotopic (exact) mass is 1360 g/mol. The molecule has 1 fully saturated rings. The van der Waals surface area contributed by atoms with Gasteiger partial charge in [-0.3, -0.25) is 39.6 Å². The number of allylic oxidation sites excluding steroid dienone is 3. The lowest BCUT2D eigenvalue weighted by Gasteiger charge is -2.43. The number of alkyl carbamates (subject to hydrolysis) is 1. The van der Waals surface area contributed by atoms with Crippen LogP contribution in [0.5, 0.6) is 5.75 Å². The molecule has 0 radical (unpaired) electrons. The number of amides is 7. The normalized spacial score (nSPS) is 21.6. The van der Waals surface area contributed by atoms with Crippen molar-refractivity contribution < 1.29 is 81.7 Å². The number of nitrogens with one attached hydrogen (secondary N) is 6. The topological polar surface area (TPSA) is 328 Å². The number of aryl methyl sites for hydroxylation is 1. The smallest absolute Gasteiger partial charge is 0.410 e. The summed E-state index contributed by atoms with van der Waals surface area (Å²) in [7, 11) is 9.42. The first kappa shape index (κ1) is 76.9. The molecule has 8 N–H and O–H groups in total. The van der Waals surface area contributed by atoms with E-state index in [9.17, 15) is 48.6 Å². The Labute approximate surface area is 565 Å². The number of hydrogen-bond acceptors (Lipinski definition) is 19. The molecule has 0 spiro atoms. The van der Waals surface area contributed by atoms with Crippen LogP contribution in [0, 0.1) is 11.8 Å². The summed E-state index contributed by atoms with van der Waals surface area (Å²) >= 11 is 6.80. The minimum atomic E-state index is -2.01. The number of para-hydroxylation sites is 1. The van der Waals surface area contributed by atoms with E-state index < -0.39 is 102 Å². The Morgan fingerprint density at radius 3 is 2.29 bits per heavy atom. The lowest BCUT2D eigenvalue weighted by Crippen LogP contribution is -2.63. The van der Waals surface area contributed by atoms with E-state index in [1.54, 1.807) is 69.3 Å². The molecule has 4 aromatic rings. The van der Waals surface area contributed by atoms with E-state index in [0.717, 1.165) is 32.6 Å². The molecule has 2 unspecified atom stereocenters. The first-order valence-electron chi connectivity index (χ1n) is 31.9.